The molecule has 0 spiro atoms. The number of rotatable bonds is 13. The Bertz CT molecular complexity index is 639. The number of carbonyl (C=O) groups excluding carboxylic acids is 4. The molecule has 172 valence electrons. The molecule has 0 aliphatic rings. The largest absolute Gasteiger partial charge is 0.480 e. The van der Waals surface area contributed by atoms with Gasteiger partial charge >= 0.3 is 5.97 Å². The monoisotopic (exact) mass is 429 g/mol. The van der Waals surface area contributed by atoms with Gasteiger partial charge in [0.25, 0.3) is 0 Å². The number of primary amides is 1. The summed E-state index contributed by atoms with van der Waals surface area (Å²) in [6.07, 6.45) is 0.449. The van der Waals surface area contributed by atoms with Gasteiger partial charge in [-0.15, -0.1) is 0 Å². The van der Waals surface area contributed by atoms with Gasteiger partial charge in [0.2, 0.25) is 23.6 Å². The van der Waals surface area contributed by atoms with Crippen LogP contribution >= 0.6 is 0 Å². The van der Waals surface area contributed by atoms with Crippen LogP contribution in [-0.2, 0) is 24.0 Å². The second-order valence-electron chi connectivity index (χ2n) is 7.91. The van der Waals surface area contributed by atoms with E-state index in [1.54, 1.807) is 6.92 Å². The molecule has 5 atom stereocenters. The molecule has 0 aromatic heterocycles. The first-order valence-electron chi connectivity index (χ1n) is 9.97. The zero-order chi connectivity index (χ0) is 23.6. The number of nitrogens with two attached hydrogens (primary N) is 2. The highest BCUT2D eigenvalue weighted by Gasteiger charge is 2.31. The number of amides is 4. The molecule has 11 nitrogen and oxygen atoms in total. The molecule has 0 saturated carbocycles. The van der Waals surface area contributed by atoms with E-state index in [1.165, 1.54) is 6.92 Å². The average Bonchev–Trinajstić information content (AvgIpc) is 2.63. The van der Waals surface area contributed by atoms with Crippen molar-refractivity contribution in [2.75, 3.05) is 0 Å². The van der Waals surface area contributed by atoms with E-state index in [2.05, 4.69) is 16.0 Å². The van der Waals surface area contributed by atoms with Crippen molar-refractivity contribution in [3.05, 3.63) is 0 Å². The Morgan fingerprint density at radius 3 is 1.90 bits per heavy atom. The van der Waals surface area contributed by atoms with Gasteiger partial charge in [-0.1, -0.05) is 34.1 Å². The van der Waals surface area contributed by atoms with E-state index < -0.39 is 53.8 Å². The van der Waals surface area contributed by atoms with Crippen molar-refractivity contribution in [1.29, 1.82) is 0 Å². The summed E-state index contributed by atoms with van der Waals surface area (Å²) >= 11 is 0. The van der Waals surface area contributed by atoms with E-state index in [-0.39, 0.29) is 24.7 Å². The van der Waals surface area contributed by atoms with Gasteiger partial charge < -0.3 is 32.5 Å². The average molecular weight is 430 g/mol. The first-order valence-corrected chi connectivity index (χ1v) is 9.97. The molecule has 0 aliphatic heterocycles. The molecule has 5 unspecified atom stereocenters. The molecule has 0 aliphatic carbocycles. The summed E-state index contributed by atoms with van der Waals surface area (Å²) in [5.74, 6) is -4.17. The molecule has 0 heterocycles. The van der Waals surface area contributed by atoms with E-state index in [1.807, 2.05) is 20.8 Å². The van der Waals surface area contributed by atoms with Gasteiger partial charge in [-0.3, -0.25) is 19.2 Å². The van der Waals surface area contributed by atoms with E-state index in [0.717, 1.165) is 0 Å². The highest BCUT2D eigenvalue weighted by atomic mass is 16.4. The quantitative estimate of drug-likeness (QED) is 0.212. The molecule has 0 aromatic rings. The molecule has 0 radical (unpaired) electrons. The Labute approximate surface area is 176 Å². The molecular formula is C19H35N5O6. The Hall–Kier alpha value is -2.69. The van der Waals surface area contributed by atoms with Crippen LogP contribution in [-0.4, -0.2) is 58.9 Å². The SMILES string of the molecule is CCC(C)C(NC(=O)C(CC(C)C)NC(=O)C(C)NC(=O)C(N)CC(N)=O)C(=O)O. The topological polar surface area (TPSA) is 194 Å². The van der Waals surface area contributed by atoms with E-state index in [0.29, 0.717) is 6.42 Å². The highest BCUT2D eigenvalue weighted by Crippen LogP contribution is 2.11. The van der Waals surface area contributed by atoms with Crippen molar-refractivity contribution >= 4 is 29.6 Å². The second kappa shape index (κ2) is 12.8. The van der Waals surface area contributed by atoms with Gasteiger partial charge in [-0.2, -0.15) is 0 Å². The van der Waals surface area contributed by atoms with Gasteiger partial charge in [0.15, 0.2) is 0 Å². The molecule has 0 rings (SSSR count). The number of nitrogens with one attached hydrogen (secondary N) is 3. The van der Waals surface area contributed by atoms with Crippen LogP contribution in [0.2, 0.25) is 0 Å². The number of carboxylic acid groups (broad SMARTS) is 1. The number of hydrogen-bond donors (Lipinski definition) is 6. The third-order valence-electron chi connectivity index (χ3n) is 4.63. The van der Waals surface area contributed by atoms with Gasteiger partial charge in [0, 0.05) is 0 Å². The van der Waals surface area contributed by atoms with Crippen LogP contribution in [0.3, 0.4) is 0 Å². The summed E-state index contributed by atoms with van der Waals surface area (Å²) < 4.78 is 0. The van der Waals surface area contributed by atoms with Gasteiger partial charge in [0.05, 0.1) is 12.5 Å². The number of carboxylic acids is 1. The Balaban J connectivity index is 5.16. The summed E-state index contributed by atoms with van der Waals surface area (Å²) in [7, 11) is 0. The molecule has 8 N–H and O–H groups in total. The van der Waals surface area contributed by atoms with E-state index in [9.17, 15) is 29.1 Å². The van der Waals surface area contributed by atoms with Crippen molar-refractivity contribution in [3.63, 3.8) is 0 Å². The summed E-state index contributed by atoms with van der Waals surface area (Å²) in [5, 5.41) is 16.8. The molecule has 0 aromatic carbocycles. The van der Waals surface area contributed by atoms with Gasteiger partial charge in [-0.05, 0) is 25.2 Å². The third kappa shape index (κ3) is 9.68. The predicted molar refractivity (Wildman–Crippen MR) is 110 cm³/mol. The van der Waals surface area contributed by atoms with Crippen molar-refractivity contribution in [3.8, 4) is 0 Å². The fourth-order valence-corrected chi connectivity index (χ4v) is 2.63. The van der Waals surface area contributed by atoms with Crippen molar-refractivity contribution in [1.82, 2.24) is 16.0 Å². The normalized spacial score (nSPS) is 16.0. The molecule has 0 saturated heterocycles. The minimum absolute atomic E-state index is 0.0295. The smallest absolute Gasteiger partial charge is 0.326 e. The Morgan fingerprint density at radius 1 is 0.900 bits per heavy atom. The summed E-state index contributed by atoms with van der Waals surface area (Å²) in [6.45, 7) is 8.62. The maximum absolute atomic E-state index is 12.7. The van der Waals surface area contributed by atoms with Crippen LogP contribution in [0.4, 0.5) is 0 Å². The van der Waals surface area contributed by atoms with Crippen molar-refractivity contribution in [2.45, 2.75) is 78.0 Å². The maximum atomic E-state index is 12.7. The van der Waals surface area contributed by atoms with Crippen LogP contribution < -0.4 is 27.4 Å². The summed E-state index contributed by atoms with van der Waals surface area (Å²) in [5.41, 5.74) is 10.5. The first kappa shape index (κ1) is 27.3. The highest BCUT2D eigenvalue weighted by molar-refractivity contribution is 5.94. The van der Waals surface area contributed by atoms with Crippen LogP contribution in [0, 0.1) is 11.8 Å². The minimum Gasteiger partial charge on any atom is -0.480 e. The lowest BCUT2D eigenvalue weighted by Gasteiger charge is -2.26. The minimum atomic E-state index is -1.20. The summed E-state index contributed by atoms with van der Waals surface area (Å²) in [6, 6.07) is -4.30. The Kier molecular flexibility index (Phi) is 11.6. The molecule has 4 amide bonds. The maximum Gasteiger partial charge on any atom is 0.326 e. The van der Waals surface area contributed by atoms with Crippen molar-refractivity contribution in [2.24, 2.45) is 23.3 Å². The lowest BCUT2D eigenvalue weighted by Crippen LogP contribution is -2.57. The lowest BCUT2D eigenvalue weighted by molar-refractivity contribution is -0.144. The predicted octanol–water partition coefficient (Wildman–Crippen LogP) is -1.16. The van der Waals surface area contributed by atoms with Gasteiger partial charge in [0.1, 0.15) is 18.1 Å². The van der Waals surface area contributed by atoms with Crippen LogP contribution in [0.15, 0.2) is 0 Å². The lowest BCUT2D eigenvalue weighted by atomic mass is 9.97. The standard InChI is InChI=1S/C19H35N5O6/c1-6-10(4)15(19(29)30)24-18(28)13(7-9(2)3)23-16(26)11(5)22-17(27)12(20)8-14(21)25/h9-13,15H,6-8,20H2,1-5H3,(H2,21,25)(H,22,27)(H,23,26)(H,24,28)(H,29,30). The van der Waals surface area contributed by atoms with Crippen LogP contribution in [0.5, 0.6) is 0 Å². The zero-order valence-electron chi connectivity index (χ0n) is 18.2. The van der Waals surface area contributed by atoms with Crippen LogP contribution in [0.25, 0.3) is 0 Å². The number of aliphatic carboxylic acids is 1. The molecule has 0 fully saturated rings. The van der Waals surface area contributed by atoms with E-state index in [4.69, 9.17) is 11.5 Å². The molecule has 30 heavy (non-hydrogen) atoms. The second-order valence-corrected chi connectivity index (χ2v) is 7.91. The van der Waals surface area contributed by atoms with Crippen molar-refractivity contribution < 1.29 is 29.1 Å². The van der Waals surface area contributed by atoms with E-state index >= 15 is 0 Å². The fourth-order valence-electron chi connectivity index (χ4n) is 2.63. The molecular weight excluding hydrogens is 394 g/mol. The summed E-state index contributed by atoms with van der Waals surface area (Å²) in [4.78, 5) is 59.4. The Morgan fingerprint density at radius 2 is 1.47 bits per heavy atom. The zero-order valence-corrected chi connectivity index (χ0v) is 18.2. The number of carbonyl (C=O) groups is 5. The van der Waals surface area contributed by atoms with Crippen LogP contribution in [0.1, 0.15) is 53.9 Å². The third-order valence-corrected chi connectivity index (χ3v) is 4.63. The fraction of sp³-hybridized carbons (Fsp3) is 0.737. The van der Waals surface area contributed by atoms with Gasteiger partial charge in [-0.25, -0.2) is 4.79 Å². The molecule has 0 bridgehead atoms. The first-order chi connectivity index (χ1) is 13.8. The number of hydrogen-bond acceptors (Lipinski definition) is 6. The molecule has 11 heteroatoms.